The number of nitrogens with one attached hydrogen (secondary N) is 1. The minimum atomic E-state index is 0.0896. The van der Waals surface area contributed by atoms with E-state index in [2.05, 4.69) is 54.6 Å². The van der Waals surface area contributed by atoms with Crippen LogP contribution in [0.2, 0.25) is 0 Å². The highest BCUT2D eigenvalue weighted by molar-refractivity contribution is 7.09. The summed E-state index contributed by atoms with van der Waals surface area (Å²) in [5.74, 6) is 0.316. The Morgan fingerprint density at radius 1 is 1.16 bits per heavy atom. The molecule has 1 aliphatic heterocycles. The standard InChI is InChI=1S/C25H31N5OS/c1-18-27-21(17-32-18)16-29-12-10-20(11-13-29)25(31)28-23-8-5-9-24-22(23)14-26-30(24)15-19-6-3-2-4-7-19/h2-4,6-7,14,17,20,23H,5,8-13,15-16H2,1H3,(H,28,31). The molecule has 0 spiro atoms. The number of benzene rings is 1. The molecule has 1 aliphatic carbocycles. The Morgan fingerprint density at radius 2 is 1.97 bits per heavy atom. The van der Waals surface area contributed by atoms with Crippen molar-refractivity contribution in [2.75, 3.05) is 13.1 Å². The molecule has 6 nitrogen and oxygen atoms in total. The molecule has 5 rings (SSSR count). The van der Waals surface area contributed by atoms with Gasteiger partial charge in [-0.1, -0.05) is 30.3 Å². The van der Waals surface area contributed by atoms with Gasteiger partial charge in [-0.3, -0.25) is 14.4 Å². The average Bonchev–Trinajstić information content (AvgIpc) is 3.41. The van der Waals surface area contributed by atoms with E-state index >= 15 is 0 Å². The highest BCUT2D eigenvalue weighted by Gasteiger charge is 2.30. The van der Waals surface area contributed by atoms with E-state index in [9.17, 15) is 4.79 Å². The summed E-state index contributed by atoms with van der Waals surface area (Å²) in [5.41, 5.74) is 4.89. The lowest BCUT2D eigenvalue weighted by molar-refractivity contribution is -0.127. The first kappa shape index (κ1) is 21.3. The molecule has 0 radical (unpaired) electrons. The Kier molecular flexibility index (Phi) is 6.37. The van der Waals surface area contributed by atoms with E-state index in [1.54, 1.807) is 11.3 Å². The molecule has 7 heteroatoms. The van der Waals surface area contributed by atoms with Gasteiger partial charge >= 0.3 is 0 Å². The fraction of sp³-hybridized carbons (Fsp3) is 0.480. The monoisotopic (exact) mass is 449 g/mol. The molecule has 1 fully saturated rings. The smallest absolute Gasteiger partial charge is 0.223 e. The van der Waals surface area contributed by atoms with Gasteiger partial charge in [0.2, 0.25) is 5.91 Å². The molecule has 2 aliphatic rings. The number of aryl methyl sites for hydroxylation is 1. The van der Waals surface area contributed by atoms with Gasteiger partial charge in [-0.25, -0.2) is 4.98 Å². The van der Waals surface area contributed by atoms with E-state index in [0.717, 1.165) is 69.0 Å². The van der Waals surface area contributed by atoms with Gasteiger partial charge in [0.25, 0.3) is 0 Å². The zero-order chi connectivity index (χ0) is 21.9. The second kappa shape index (κ2) is 9.55. The van der Waals surface area contributed by atoms with Crippen LogP contribution in [-0.2, 0) is 24.3 Å². The third-order valence-corrected chi connectivity index (χ3v) is 7.59. The summed E-state index contributed by atoms with van der Waals surface area (Å²) in [4.78, 5) is 20.1. The van der Waals surface area contributed by atoms with E-state index in [4.69, 9.17) is 0 Å². The van der Waals surface area contributed by atoms with Gasteiger partial charge < -0.3 is 5.32 Å². The summed E-state index contributed by atoms with van der Waals surface area (Å²) < 4.78 is 2.11. The Bertz CT molecular complexity index is 1050. The third kappa shape index (κ3) is 4.79. The largest absolute Gasteiger partial charge is 0.349 e. The molecule has 1 unspecified atom stereocenters. The molecule has 1 aromatic carbocycles. The maximum Gasteiger partial charge on any atom is 0.223 e. The van der Waals surface area contributed by atoms with Gasteiger partial charge in [0.1, 0.15) is 0 Å². The maximum atomic E-state index is 13.1. The quantitative estimate of drug-likeness (QED) is 0.615. The Morgan fingerprint density at radius 3 is 2.72 bits per heavy atom. The number of amides is 1. The second-order valence-electron chi connectivity index (χ2n) is 9.05. The van der Waals surface area contributed by atoms with Gasteiger partial charge in [0.05, 0.1) is 29.5 Å². The topological polar surface area (TPSA) is 63.1 Å². The normalized spacial score (nSPS) is 19.6. The second-order valence-corrected chi connectivity index (χ2v) is 10.1. The zero-order valence-corrected chi connectivity index (χ0v) is 19.5. The molecule has 1 amide bonds. The number of hydrogen-bond donors (Lipinski definition) is 1. The van der Waals surface area contributed by atoms with E-state index in [1.807, 2.05) is 19.2 Å². The Labute approximate surface area is 193 Å². The number of aromatic nitrogens is 3. The van der Waals surface area contributed by atoms with Crippen molar-refractivity contribution in [1.29, 1.82) is 0 Å². The van der Waals surface area contributed by atoms with Gasteiger partial charge in [-0.15, -0.1) is 11.3 Å². The fourth-order valence-electron chi connectivity index (χ4n) is 5.01. The summed E-state index contributed by atoms with van der Waals surface area (Å²) in [6, 6.07) is 10.5. The van der Waals surface area contributed by atoms with Crippen LogP contribution in [0.25, 0.3) is 0 Å². The number of likely N-dealkylation sites (tertiary alicyclic amines) is 1. The SMILES string of the molecule is Cc1nc(CN2CCC(C(=O)NC3CCCc4c3cnn4Cc3ccccc3)CC2)cs1. The lowest BCUT2D eigenvalue weighted by Crippen LogP contribution is -2.41. The fourth-order valence-corrected chi connectivity index (χ4v) is 5.62. The Balaban J connectivity index is 1.17. The van der Waals surface area contributed by atoms with Gasteiger partial charge in [-0.05, 0) is 57.7 Å². The van der Waals surface area contributed by atoms with Crippen LogP contribution in [0.4, 0.5) is 0 Å². The van der Waals surface area contributed by atoms with Crippen LogP contribution >= 0.6 is 11.3 Å². The molecule has 0 bridgehead atoms. The zero-order valence-electron chi connectivity index (χ0n) is 18.7. The number of rotatable bonds is 6. The van der Waals surface area contributed by atoms with Crippen molar-refractivity contribution in [2.45, 2.75) is 58.2 Å². The van der Waals surface area contributed by atoms with Crippen molar-refractivity contribution in [2.24, 2.45) is 5.92 Å². The molecule has 168 valence electrons. The summed E-state index contributed by atoms with van der Waals surface area (Å²) in [7, 11) is 0. The van der Waals surface area contributed by atoms with Gasteiger partial charge in [0.15, 0.2) is 0 Å². The molecule has 1 saturated heterocycles. The number of thiazole rings is 1. The highest BCUT2D eigenvalue weighted by Crippen LogP contribution is 2.31. The Hall–Kier alpha value is -2.51. The van der Waals surface area contributed by atoms with Crippen LogP contribution < -0.4 is 5.32 Å². The first-order valence-electron chi connectivity index (χ1n) is 11.7. The van der Waals surface area contributed by atoms with Crippen LogP contribution in [0.5, 0.6) is 0 Å². The highest BCUT2D eigenvalue weighted by atomic mass is 32.1. The van der Waals surface area contributed by atoms with Crippen molar-refractivity contribution < 1.29 is 4.79 Å². The number of nitrogens with zero attached hydrogens (tertiary/aromatic N) is 4. The summed E-state index contributed by atoms with van der Waals surface area (Å²) in [6.07, 6.45) is 6.93. The third-order valence-electron chi connectivity index (χ3n) is 6.76. The predicted octanol–water partition coefficient (Wildman–Crippen LogP) is 4.10. The molecular weight excluding hydrogens is 418 g/mol. The van der Waals surface area contributed by atoms with E-state index in [1.165, 1.54) is 16.8 Å². The van der Waals surface area contributed by atoms with Crippen molar-refractivity contribution in [3.63, 3.8) is 0 Å². The molecule has 1 atom stereocenters. The minimum Gasteiger partial charge on any atom is -0.349 e. The van der Waals surface area contributed by atoms with Crippen LogP contribution in [0.1, 0.15) is 59.2 Å². The molecule has 32 heavy (non-hydrogen) atoms. The number of carbonyl (C=O) groups excluding carboxylic acids is 1. The molecule has 1 N–H and O–H groups in total. The minimum absolute atomic E-state index is 0.0896. The lowest BCUT2D eigenvalue weighted by Gasteiger charge is -2.32. The number of hydrogen-bond acceptors (Lipinski definition) is 5. The average molecular weight is 450 g/mol. The van der Waals surface area contributed by atoms with E-state index in [0.29, 0.717) is 0 Å². The van der Waals surface area contributed by atoms with E-state index in [-0.39, 0.29) is 17.9 Å². The lowest BCUT2D eigenvalue weighted by atomic mass is 9.90. The number of carbonyl (C=O) groups is 1. The summed E-state index contributed by atoms with van der Waals surface area (Å²) in [5, 5.41) is 11.3. The first-order valence-corrected chi connectivity index (χ1v) is 12.6. The van der Waals surface area contributed by atoms with Crippen LogP contribution in [0.15, 0.2) is 41.9 Å². The molecule has 2 aromatic heterocycles. The van der Waals surface area contributed by atoms with Crippen molar-refractivity contribution in [3.8, 4) is 0 Å². The van der Waals surface area contributed by atoms with Gasteiger partial charge in [0, 0.05) is 29.1 Å². The number of piperidine rings is 1. The maximum absolute atomic E-state index is 13.1. The van der Waals surface area contributed by atoms with E-state index < -0.39 is 0 Å². The van der Waals surface area contributed by atoms with Crippen molar-refractivity contribution in [1.82, 2.24) is 25.0 Å². The molecular formula is C25H31N5OS. The predicted molar refractivity (Wildman–Crippen MR) is 126 cm³/mol. The molecule has 0 saturated carbocycles. The van der Waals surface area contributed by atoms with Gasteiger partial charge in [-0.2, -0.15) is 5.10 Å². The number of fused-ring (bicyclic) bond motifs is 1. The van der Waals surface area contributed by atoms with Crippen LogP contribution in [0, 0.1) is 12.8 Å². The molecule has 3 aromatic rings. The van der Waals surface area contributed by atoms with Crippen molar-refractivity contribution >= 4 is 17.2 Å². The van der Waals surface area contributed by atoms with Crippen molar-refractivity contribution in [3.05, 3.63) is 69.4 Å². The summed E-state index contributed by atoms with van der Waals surface area (Å²) >= 11 is 1.71. The first-order chi connectivity index (χ1) is 15.7. The molecule has 3 heterocycles. The van der Waals surface area contributed by atoms with Crippen LogP contribution in [0.3, 0.4) is 0 Å². The summed E-state index contributed by atoms with van der Waals surface area (Å²) in [6.45, 7) is 5.64. The van der Waals surface area contributed by atoms with Crippen LogP contribution in [-0.4, -0.2) is 38.7 Å².